The van der Waals surface area contributed by atoms with Crippen molar-refractivity contribution >= 4 is 55.6 Å². The highest BCUT2D eigenvalue weighted by Gasteiger charge is 2.14. The number of amides is 1. The molecule has 6 nitrogen and oxygen atoms in total. The monoisotopic (exact) mass is 552 g/mol. The fourth-order valence-corrected chi connectivity index (χ4v) is 4.51. The molecule has 0 saturated carbocycles. The van der Waals surface area contributed by atoms with Gasteiger partial charge in [0, 0.05) is 5.56 Å². The first-order valence-corrected chi connectivity index (χ1v) is 12.3. The molecule has 182 valence electrons. The lowest BCUT2D eigenvalue weighted by Crippen LogP contribution is -2.24. The number of nitrogens with one attached hydrogen (secondary N) is 1. The molecule has 0 atom stereocenters. The average Bonchev–Trinajstić information content (AvgIpc) is 2.94. The predicted octanol–water partition coefficient (Wildman–Crippen LogP) is 6.50. The van der Waals surface area contributed by atoms with Crippen LogP contribution in [-0.2, 0) is 4.79 Å². The number of hydrogen-bond acceptors (Lipinski definition) is 5. The van der Waals surface area contributed by atoms with Gasteiger partial charge in [0.05, 0.1) is 16.3 Å². The number of carbonyl (C=O) groups excluding carboxylic acids is 2. The van der Waals surface area contributed by atoms with Crippen LogP contribution in [0.15, 0.2) is 113 Å². The molecule has 0 aromatic heterocycles. The molecule has 5 aromatic carbocycles. The molecule has 0 bridgehead atoms. The van der Waals surface area contributed by atoms with Crippen molar-refractivity contribution in [3.05, 3.63) is 119 Å². The highest BCUT2D eigenvalue weighted by Crippen LogP contribution is 2.33. The molecule has 0 spiro atoms. The summed E-state index contributed by atoms with van der Waals surface area (Å²) in [5, 5.41) is 7.94. The van der Waals surface area contributed by atoms with Crippen molar-refractivity contribution in [3.63, 3.8) is 0 Å². The lowest BCUT2D eigenvalue weighted by Gasteiger charge is -2.11. The van der Waals surface area contributed by atoms with Crippen LogP contribution in [0.5, 0.6) is 11.5 Å². The zero-order chi connectivity index (χ0) is 25.6. The fraction of sp³-hybridized carbons (Fsp3) is 0.0333. The minimum absolute atomic E-state index is 0.223. The standard InChI is InChI=1S/C30H21BrN2O4/c31-29-24-13-7-5-9-21(24)15-17-27(29)36-19-28(34)33-32-18-25-23-12-6-4-8-20(23)14-16-26(25)37-30(35)22-10-2-1-3-11-22/h1-18H,19H2,(H,33,34). The molecule has 0 aliphatic heterocycles. The van der Waals surface area contributed by atoms with E-state index in [-0.39, 0.29) is 6.61 Å². The molecule has 5 aromatic rings. The Morgan fingerprint density at radius 3 is 2.14 bits per heavy atom. The Bertz CT molecular complexity index is 1630. The van der Waals surface area contributed by atoms with Gasteiger partial charge in [-0.25, -0.2) is 10.2 Å². The van der Waals surface area contributed by atoms with Gasteiger partial charge in [0.25, 0.3) is 5.91 Å². The summed E-state index contributed by atoms with van der Waals surface area (Å²) in [6, 6.07) is 31.6. The molecule has 0 aliphatic carbocycles. The van der Waals surface area contributed by atoms with Crippen LogP contribution < -0.4 is 14.9 Å². The summed E-state index contributed by atoms with van der Waals surface area (Å²) in [6.45, 7) is -0.223. The van der Waals surface area contributed by atoms with Crippen LogP contribution in [0.2, 0.25) is 0 Å². The number of hydrogen-bond donors (Lipinski definition) is 1. The minimum atomic E-state index is -0.482. The number of ether oxygens (including phenoxy) is 2. The Balaban J connectivity index is 1.31. The number of esters is 1. The first-order valence-electron chi connectivity index (χ1n) is 11.5. The maximum absolute atomic E-state index is 12.7. The van der Waals surface area contributed by atoms with Crippen molar-refractivity contribution in [3.8, 4) is 11.5 Å². The Kier molecular flexibility index (Phi) is 7.23. The van der Waals surface area contributed by atoms with Crippen LogP contribution in [0.1, 0.15) is 15.9 Å². The fourth-order valence-electron chi connectivity index (χ4n) is 3.90. The van der Waals surface area contributed by atoms with E-state index in [1.54, 1.807) is 30.3 Å². The van der Waals surface area contributed by atoms with Gasteiger partial charge in [0.1, 0.15) is 11.5 Å². The minimum Gasteiger partial charge on any atom is -0.483 e. The van der Waals surface area contributed by atoms with E-state index >= 15 is 0 Å². The first kappa shape index (κ1) is 24.2. The molecule has 1 N–H and O–H groups in total. The van der Waals surface area contributed by atoms with E-state index in [9.17, 15) is 9.59 Å². The summed E-state index contributed by atoms with van der Waals surface area (Å²) in [7, 11) is 0. The second-order valence-electron chi connectivity index (χ2n) is 8.13. The maximum Gasteiger partial charge on any atom is 0.343 e. The van der Waals surface area contributed by atoms with Gasteiger partial charge in [-0.15, -0.1) is 0 Å². The van der Waals surface area contributed by atoms with Crippen LogP contribution in [0.3, 0.4) is 0 Å². The van der Waals surface area contributed by atoms with Crippen LogP contribution in [0.4, 0.5) is 0 Å². The normalized spacial score (nSPS) is 11.1. The van der Waals surface area contributed by atoms with Crippen LogP contribution in [0, 0.1) is 0 Å². The van der Waals surface area contributed by atoms with E-state index in [1.165, 1.54) is 6.21 Å². The number of benzene rings is 5. The number of fused-ring (bicyclic) bond motifs is 2. The molecule has 1 amide bonds. The SMILES string of the molecule is O=C(COc1ccc2ccccc2c1Br)NN=Cc1c(OC(=O)c2ccccc2)ccc2ccccc12. The Hall–Kier alpha value is -4.49. The van der Waals surface area contributed by atoms with Crippen molar-refractivity contribution in [2.45, 2.75) is 0 Å². The topological polar surface area (TPSA) is 77.0 Å². The van der Waals surface area contributed by atoms with Crippen molar-refractivity contribution < 1.29 is 19.1 Å². The van der Waals surface area contributed by atoms with Gasteiger partial charge >= 0.3 is 5.97 Å². The summed E-state index contributed by atoms with van der Waals surface area (Å²) in [6.07, 6.45) is 1.47. The zero-order valence-corrected chi connectivity index (χ0v) is 21.1. The Morgan fingerprint density at radius 1 is 0.757 bits per heavy atom. The molecular formula is C30H21BrN2O4. The molecule has 7 heteroatoms. The molecule has 5 rings (SSSR count). The molecule has 0 radical (unpaired) electrons. The lowest BCUT2D eigenvalue weighted by molar-refractivity contribution is -0.123. The molecule has 37 heavy (non-hydrogen) atoms. The summed E-state index contributed by atoms with van der Waals surface area (Å²) in [5.74, 6) is -0.0211. The zero-order valence-electron chi connectivity index (χ0n) is 19.6. The predicted molar refractivity (Wildman–Crippen MR) is 148 cm³/mol. The van der Waals surface area contributed by atoms with E-state index < -0.39 is 11.9 Å². The third-order valence-electron chi connectivity index (χ3n) is 5.71. The van der Waals surface area contributed by atoms with Gasteiger partial charge < -0.3 is 9.47 Å². The Labute approximate surface area is 221 Å². The number of hydrazone groups is 1. The molecule has 0 fully saturated rings. The molecule has 0 aliphatic rings. The quantitative estimate of drug-likeness (QED) is 0.108. The van der Waals surface area contributed by atoms with E-state index in [0.29, 0.717) is 22.6 Å². The van der Waals surface area contributed by atoms with Crippen molar-refractivity contribution in [2.24, 2.45) is 5.10 Å². The highest BCUT2D eigenvalue weighted by atomic mass is 79.9. The summed E-state index contributed by atoms with van der Waals surface area (Å²) < 4.78 is 12.2. The van der Waals surface area contributed by atoms with Crippen molar-refractivity contribution in [1.29, 1.82) is 0 Å². The van der Waals surface area contributed by atoms with Gasteiger partial charge in [0.15, 0.2) is 6.61 Å². The van der Waals surface area contributed by atoms with Crippen molar-refractivity contribution in [1.82, 2.24) is 5.43 Å². The third kappa shape index (κ3) is 5.52. The summed E-state index contributed by atoms with van der Waals surface area (Å²) in [4.78, 5) is 25.1. The largest absolute Gasteiger partial charge is 0.483 e. The number of carbonyl (C=O) groups is 2. The van der Waals surface area contributed by atoms with E-state index in [0.717, 1.165) is 26.0 Å². The van der Waals surface area contributed by atoms with E-state index in [4.69, 9.17) is 9.47 Å². The van der Waals surface area contributed by atoms with Crippen LogP contribution >= 0.6 is 15.9 Å². The number of halogens is 1. The van der Waals surface area contributed by atoms with Crippen LogP contribution in [0.25, 0.3) is 21.5 Å². The van der Waals surface area contributed by atoms with Crippen LogP contribution in [-0.4, -0.2) is 24.7 Å². The smallest absolute Gasteiger partial charge is 0.343 e. The second kappa shape index (κ2) is 11.1. The second-order valence-corrected chi connectivity index (χ2v) is 8.93. The lowest BCUT2D eigenvalue weighted by atomic mass is 10.0. The van der Waals surface area contributed by atoms with Gasteiger partial charge in [-0.1, -0.05) is 78.9 Å². The average molecular weight is 553 g/mol. The molecule has 0 unspecified atom stereocenters. The van der Waals surface area contributed by atoms with E-state index in [1.807, 2.05) is 72.8 Å². The molecule has 0 heterocycles. The number of rotatable bonds is 7. The molecule has 0 saturated heterocycles. The Morgan fingerprint density at radius 2 is 1.38 bits per heavy atom. The van der Waals surface area contributed by atoms with Gasteiger partial charge in [0.2, 0.25) is 0 Å². The maximum atomic E-state index is 12.7. The van der Waals surface area contributed by atoms with Gasteiger partial charge in [-0.2, -0.15) is 5.10 Å². The van der Waals surface area contributed by atoms with Gasteiger partial charge in [-0.3, -0.25) is 4.79 Å². The van der Waals surface area contributed by atoms with Gasteiger partial charge in [-0.05, 0) is 61.7 Å². The summed E-state index contributed by atoms with van der Waals surface area (Å²) in [5.41, 5.74) is 3.49. The first-order chi connectivity index (χ1) is 18.1. The number of nitrogens with zero attached hydrogens (tertiary/aromatic N) is 1. The third-order valence-corrected chi connectivity index (χ3v) is 6.53. The van der Waals surface area contributed by atoms with Crippen molar-refractivity contribution in [2.75, 3.05) is 6.61 Å². The highest BCUT2D eigenvalue weighted by molar-refractivity contribution is 9.10. The van der Waals surface area contributed by atoms with E-state index in [2.05, 4.69) is 26.5 Å². The summed E-state index contributed by atoms with van der Waals surface area (Å²) >= 11 is 3.55. The molecular weight excluding hydrogens is 532 g/mol.